The summed E-state index contributed by atoms with van der Waals surface area (Å²) in [4.78, 5) is 10.8. The lowest BCUT2D eigenvalue weighted by atomic mass is 10.2. The van der Waals surface area contributed by atoms with Crippen molar-refractivity contribution >= 4 is 11.6 Å². The third kappa shape index (κ3) is 1.42. The molecule has 0 spiro atoms. The Kier molecular flexibility index (Phi) is 2.21. The highest BCUT2D eigenvalue weighted by Gasteiger charge is 2.19. The van der Waals surface area contributed by atoms with E-state index in [2.05, 4.69) is 20.0 Å². The van der Waals surface area contributed by atoms with Crippen LogP contribution in [0.2, 0.25) is 0 Å². The normalized spacial score (nSPS) is 15.4. The number of anilines is 1. The molecule has 1 fully saturated rings. The average Bonchev–Trinajstić information content (AvgIpc) is 2.63. The second-order valence-corrected chi connectivity index (χ2v) is 3.85. The lowest BCUT2D eigenvalue weighted by molar-refractivity contribution is 0.181. The van der Waals surface area contributed by atoms with Gasteiger partial charge in [0.1, 0.15) is 12.1 Å². The summed E-state index contributed by atoms with van der Waals surface area (Å²) < 4.78 is 6.88. The van der Waals surface area contributed by atoms with Crippen molar-refractivity contribution in [2.45, 2.75) is 13.0 Å². The zero-order chi connectivity index (χ0) is 11.0. The third-order valence-corrected chi connectivity index (χ3v) is 2.76. The predicted octanol–water partition coefficient (Wildman–Crippen LogP) is 0.481. The van der Waals surface area contributed by atoms with Crippen molar-refractivity contribution in [3.05, 3.63) is 18.1 Å². The van der Waals surface area contributed by atoms with Gasteiger partial charge in [-0.1, -0.05) is 0 Å². The van der Waals surface area contributed by atoms with Crippen LogP contribution >= 0.6 is 0 Å². The molecule has 6 heteroatoms. The highest BCUT2D eigenvalue weighted by atomic mass is 16.5. The van der Waals surface area contributed by atoms with Crippen LogP contribution in [0.25, 0.3) is 5.78 Å². The molecular formula is C10H13N5O. The highest BCUT2D eigenvalue weighted by Crippen LogP contribution is 2.21. The summed E-state index contributed by atoms with van der Waals surface area (Å²) in [6.07, 6.45) is 2.76. The lowest BCUT2D eigenvalue weighted by Crippen LogP contribution is -2.38. The first-order chi connectivity index (χ1) is 7.88. The first-order valence-corrected chi connectivity index (χ1v) is 5.32. The molecule has 0 saturated carbocycles. The molecule has 1 aliphatic rings. The van der Waals surface area contributed by atoms with E-state index < -0.39 is 0 Å². The molecule has 0 aliphatic carbocycles. The summed E-state index contributed by atoms with van der Waals surface area (Å²) in [6, 6.07) is 2.02. The minimum atomic E-state index is 0.504. The maximum Gasteiger partial charge on any atom is 0.254 e. The molecular weight excluding hydrogens is 206 g/mol. The van der Waals surface area contributed by atoms with Crippen LogP contribution in [0.15, 0.2) is 12.4 Å². The smallest absolute Gasteiger partial charge is 0.254 e. The topological polar surface area (TPSA) is 55.6 Å². The SMILES string of the molecule is COCc1cc(N2CCC2)n2ncnc2n1. The molecule has 1 saturated heterocycles. The molecule has 84 valence electrons. The summed E-state index contributed by atoms with van der Waals surface area (Å²) in [6.45, 7) is 2.65. The van der Waals surface area contributed by atoms with Crippen LogP contribution in [0.1, 0.15) is 12.1 Å². The summed E-state index contributed by atoms with van der Waals surface area (Å²) in [5.41, 5.74) is 0.893. The van der Waals surface area contributed by atoms with E-state index in [9.17, 15) is 0 Å². The number of methoxy groups -OCH3 is 1. The van der Waals surface area contributed by atoms with Crippen molar-refractivity contribution < 1.29 is 4.74 Å². The summed E-state index contributed by atoms with van der Waals surface area (Å²) in [5.74, 6) is 1.69. The number of hydrogen-bond donors (Lipinski definition) is 0. The van der Waals surface area contributed by atoms with Crippen LogP contribution in [0.4, 0.5) is 5.82 Å². The quantitative estimate of drug-likeness (QED) is 0.751. The van der Waals surface area contributed by atoms with Gasteiger partial charge in [0.25, 0.3) is 5.78 Å². The zero-order valence-corrected chi connectivity index (χ0v) is 9.13. The Balaban J connectivity index is 2.10. The molecule has 6 nitrogen and oxygen atoms in total. The maximum atomic E-state index is 5.10. The molecule has 0 radical (unpaired) electrons. The van der Waals surface area contributed by atoms with Crippen LogP contribution in [0.5, 0.6) is 0 Å². The molecule has 3 heterocycles. The summed E-state index contributed by atoms with van der Waals surface area (Å²) in [7, 11) is 1.67. The molecule has 0 amide bonds. The van der Waals surface area contributed by atoms with E-state index >= 15 is 0 Å². The number of rotatable bonds is 3. The van der Waals surface area contributed by atoms with Gasteiger partial charge >= 0.3 is 0 Å². The molecule has 2 aromatic rings. The van der Waals surface area contributed by atoms with E-state index in [0.717, 1.165) is 24.6 Å². The monoisotopic (exact) mass is 219 g/mol. The van der Waals surface area contributed by atoms with Gasteiger partial charge in [0.2, 0.25) is 0 Å². The fourth-order valence-electron chi connectivity index (χ4n) is 1.84. The van der Waals surface area contributed by atoms with E-state index in [0.29, 0.717) is 12.4 Å². The molecule has 3 rings (SSSR count). The second kappa shape index (κ2) is 3.71. The molecule has 0 bridgehead atoms. The standard InChI is InChI=1S/C10H13N5O/c1-16-6-8-5-9(14-3-2-4-14)15-10(13-8)11-7-12-15/h5,7H,2-4,6H2,1H3. The Labute approximate surface area is 92.9 Å². The third-order valence-electron chi connectivity index (χ3n) is 2.76. The molecule has 16 heavy (non-hydrogen) atoms. The van der Waals surface area contributed by atoms with Gasteiger partial charge in [-0.15, -0.1) is 0 Å². The van der Waals surface area contributed by atoms with Crippen molar-refractivity contribution in [1.82, 2.24) is 19.6 Å². The Morgan fingerprint density at radius 1 is 1.44 bits per heavy atom. The lowest BCUT2D eigenvalue weighted by Gasteiger charge is -2.32. The minimum absolute atomic E-state index is 0.504. The molecule has 0 aromatic carbocycles. The number of aromatic nitrogens is 4. The van der Waals surface area contributed by atoms with Crippen molar-refractivity contribution in [3.63, 3.8) is 0 Å². The van der Waals surface area contributed by atoms with Gasteiger partial charge in [-0.3, -0.25) is 0 Å². The van der Waals surface area contributed by atoms with Crippen LogP contribution in [0.3, 0.4) is 0 Å². The van der Waals surface area contributed by atoms with Gasteiger partial charge in [-0.25, -0.2) is 4.98 Å². The Morgan fingerprint density at radius 2 is 2.31 bits per heavy atom. The molecule has 0 N–H and O–H groups in total. The zero-order valence-electron chi connectivity index (χ0n) is 9.13. The summed E-state index contributed by atoms with van der Waals surface area (Å²) in [5, 5.41) is 4.18. The molecule has 0 atom stereocenters. The van der Waals surface area contributed by atoms with Crippen LogP contribution in [-0.2, 0) is 11.3 Å². The fourth-order valence-corrected chi connectivity index (χ4v) is 1.84. The van der Waals surface area contributed by atoms with Crippen LogP contribution in [0, 0.1) is 0 Å². The van der Waals surface area contributed by atoms with Gasteiger partial charge in [-0.05, 0) is 6.42 Å². The predicted molar refractivity (Wildman–Crippen MR) is 58.3 cm³/mol. The Hall–Kier alpha value is -1.69. The fraction of sp³-hybridized carbons (Fsp3) is 0.500. The Bertz CT molecular complexity index is 505. The molecule has 1 aliphatic heterocycles. The minimum Gasteiger partial charge on any atom is -0.378 e. The van der Waals surface area contributed by atoms with Gasteiger partial charge in [-0.2, -0.15) is 14.6 Å². The van der Waals surface area contributed by atoms with Crippen LogP contribution < -0.4 is 4.90 Å². The Morgan fingerprint density at radius 3 is 3.00 bits per heavy atom. The first-order valence-electron chi connectivity index (χ1n) is 5.32. The second-order valence-electron chi connectivity index (χ2n) is 3.85. The largest absolute Gasteiger partial charge is 0.378 e. The van der Waals surface area contributed by atoms with E-state index in [1.165, 1.54) is 12.7 Å². The molecule has 0 unspecified atom stereocenters. The van der Waals surface area contributed by atoms with E-state index in [1.807, 2.05) is 6.07 Å². The van der Waals surface area contributed by atoms with Crippen molar-refractivity contribution in [3.8, 4) is 0 Å². The van der Waals surface area contributed by atoms with Crippen molar-refractivity contribution in [2.75, 3.05) is 25.1 Å². The maximum absolute atomic E-state index is 5.10. The van der Waals surface area contributed by atoms with Gasteiger partial charge in [0.15, 0.2) is 0 Å². The number of ether oxygens (including phenoxy) is 1. The van der Waals surface area contributed by atoms with E-state index in [-0.39, 0.29) is 0 Å². The van der Waals surface area contributed by atoms with Crippen molar-refractivity contribution in [2.24, 2.45) is 0 Å². The summed E-state index contributed by atoms with van der Waals surface area (Å²) >= 11 is 0. The van der Waals surface area contributed by atoms with E-state index in [4.69, 9.17) is 4.74 Å². The van der Waals surface area contributed by atoms with Gasteiger partial charge < -0.3 is 9.64 Å². The molecule has 2 aromatic heterocycles. The number of nitrogens with zero attached hydrogens (tertiary/aromatic N) is 5. The van der Waals surface area contributed by atoms with Crippen molar-refractivity contribution in [1.29, 1.82) is 0 Å². The van der Waals surface area contributed by atoms with Gasteiger partial charge in [0.05, 0.1) is 12.3 Å². The number of fused-ring (bicyclic) bond motifs is 1. The van der Waals surface area contributed by atoms with E-state index in [1.54, 1.807) is 11.6 Å². The van der Waals surface area contributed by atoms with Crippen LogP contribution in [-0.4, -0.2) is 39.8 Å². The highest BCUT2D eigenvalue weighted by molar-refractivity contribution is 5.48. The number of hydrogen-bond acceptors (Lipinski definition) is 5. The van der Waals surface area contributed by atoms with Gasteiger partial charge in [0, 0.05) is 26.3 Å². The average molecular weight is 219 g/mol. The first kappa shape index (κ1) is 9.53.